The largest absolute Gasteiger partial charge is 0.495 e. The lowest BCUT2D eigenvalue weighted by atomic mass is 10.2. The van der Waals surface area contributed by atoms with Crippen LogP contribution in [0, 0.1) is 6.92 Å². The molecule has 1 aromatic rings. The smallest absolute Gasteiger partial charge is 0.221 e. The highest BCUT2D eigenvalue weighted by molar-refractivity contribution is 6.32. The molecule has 0 aliphatic rings. The molecule has 1 aromatic carbocycles. The molecule has 1 rings (SSSR count). The number of methoxy groups -OCH3 is 1. The number of amides is 1. The topological polar surface area (TPSA) is 38.3 Å². The van der Waals surface area contributed by atoms with Gasteiger partial charge in [-0.05, 0) is 24.6 Å². The predicted octanol–water partition coefficient (Wildman–Crippen LogP) is 2.62. The second-order valence-corrected chi connectivity index (χ2v) is 3.34. The molecule has 0 aliphatic carbocycles. The number of anilines is 1. The summed E-state index contributed by atoms with van der Waals surface area (Å²) >= 11 is 5.92. The van der Waals surface area contributed by atoms with Gasteiger partial charge in [0, 0.05) is 11.9 Å². The number of nitrogens with one attached hydrogen (secondary N) is 1. The summed E-state index contributed by atoms with van der Waals surface area (Å²) in [5.74, 6) is 0.468. The average Bonchev–Trinajstić information content (AvgIpc) is 2.13. The van der Waals surface area contributed by atoms with Crippen LogP contribution in [0.2, 0.25) is 5.02 Å². The van der Waals surface area contributed by atoms with E-state index in [4.69, 9.17) is 16.3 Å². The number of rotatable bonds is 2. The molecule has 0 aromatic heterocycles. The molecule has 0 spiro atoms. The molecule has 0 bridgehead atoms. The van der Waals surface area contributed by atoms with Crippen LogP contribution in [0.4, 0.5) is 5.69 Å². The fourth-order valence-electron chi connectivity index (χ4n) is 1.16. The van der Waals surface area contributed by atoms with Gasteiger partial charge in [-0.2, -0.15) is 0 Å². The highest BCUT2D eigenvalue weighted by Crippen LogP contribution is 2.32. The second-order valence-electron chi connectivity index (χ2n) is 2.93. The molecule has 4 heteroatoms. The number of hydrogen-bond donors (Lipinski definition) is 1. The Balaban J connectivity index is 3.20. The van der Waals surface area contributed by atoms with E-state index in [-0.39, 0.29) is 5.91 Å². The van der Waals surface area contributed by atoms with Crippen LogP contribution in [-0.4, -0.2) is 13.0 Å². The second kappa shape index (κ2) is 4.33. The first-order chi connectivity index (χ1) is 6.56. The Morgan fingerprint density at radius 1 is 1.50 bits per heavy atom. The molecule has 0 saturated heterocycles. The zero-order valence-electron chi connectivity index (χ0n) is 8.35. The highest BCUT2D eigenvalue weighted by Gasteiger charge is 2.10. The van der Waals surface area contributed by atoms with Crippen molar-refractivity contribution in [2.45, 2.75) is 13.8 Å². The van der Waals surface area contributed by atoms with Crippen molar-refractivity contribution in [1.29, 1.82) is 0 Å². The van der Waals surface area contributed by atoms with Gasteiger partial charge in [-0.1, -0.05) is 11.6 Å². The molecular weight excluding hydrogens is 202 g/mol. The zero-order valence-corrected chi connectivity index (χ0v) is 9.11. The molecule has 0 heterocycles. The van der Waals surface area contributed by atoms with Crippen LogP contribution in [0.3, 0.4) is 0 Å². The van der Waals surface area contributed by atoms with Crippen LogP contribution in [-0.2, 0) is 4.79 Å². The molecule has 0 aliphatic heterocycles. The van der Waals surface area contributed by atoms with E-state index in [1.165, 1.54) is 6.92 Å². The molecule has 3 nitrogen and oxygen atoms in total. The van der Waals surface area contributed by atoms with Crippen LogP contribution >= 0.6 is 11.6 Å². The Kier molecular flexibility index (Phi) is 3.36. The first kappa shape index (κ1) is 10.9. The van der Waals surface area contributed by atoms with Gasteiger partial charge in [-0.3, -0.25) is 4.79 Å². The Morgan fingerprint density at radius 3 is 2.64 bits per heavy atom. The van der Waals surface area contributed by atoms with Gasteiger partial charge in [-0.15, -0.1) is 0 Å². The fraction of sp³-hybridized carbons (Fsp3) is 0.300. The lowest BCUT2D eigenvalue weighted by Crippen LogP contribution is -2.08. The Labute approximate surface area is 88.0 Å². The Morgan fingerprint density at radius 2 is 2.14 bits per heavy atom. The van der Waals surface area contributed by atoms with E-state index in [2.05, 4.69) is 5.32 Å². The minimum atomic E-state index is -0.145. The number of ether oxygens (including phenoxy) is 1. The van der Waals surface area contributed by atoms with Gasteiger partial charge in [0.2, 0.25) is 5.91 Å². The standard InChI is InChI=1S/C10H12ClNO2/c1-6-8(11)4-5-9(14-3)10(6)12-7(2)13/h4-5H,1-3H3,(H,12,13). The fourth-order valence-corrected chi connectivity index (χ4v) is 1.32. The van der Waals surface area contributed by atoms with E-state index in [0.29, 0.717) is 16.5 Å². The molecule has 14 heavy (non-hydrogen) atoms. The SMILES string of the molecule is COc1ccc(Cl)c(C)c1NC(C)=O. The quantitative estimate of drug-likeness (QED) is 0.820. The van der Waals surface area contributed by atoms with E-state index in [1.54, 1.807) is 19.2 Å². The van der Waals surface area contributed by atoms with Gasteiger partial charge in [-0.25, -0.2) is 0 Å². The van der Waals surface area contributed by atoms with E-state index in [1.807, 2.05) is 6.92 Å². The summed E-state index contributed by atoms with van der Waals surface area (Å²) in [6.07, 6.45) is 0. The molecule has 0 saturated carbocycles. The minimum absolute atomic E-state index is 0.145. The molecule has 0 radical (unpaired) electrons. The van der Waals surface area contributed by atoms with Gasteiger partial charge in [0.05, 0.1) is 12.8 Å². The Bertz CT molecular complexity index is 363. The van der Waals surface area contributed by atoms with Gasteiger partial charge >= 0.3 is 0 Å². The molecule has 0 fully saturated rings. The van der Waals surface area contributed by atoms with E-state index in [0.717, 1.165) is 5.56 Å². The summed E-state index contributed by atoms with van der Waals surface area (Å²) in [4.78, 5) is 10.9. The summed E-state index contributed by atoms with van der Waals surface area (Å²) in [6, 6.07) is 3.46. The van der Waals surface area contributed by atoms with E-state index in [9.17, 15) is 4.79 Å². The number of benzene rings is 1. The molecule has 0 atom stereocenters. The summed E-state index contributed by atoms with van der Waals surface area (Å²) < 4.78 is 5.11. The van der Waals surface area contributed by atoms with E-state index < -0.39 is 0 Å². The third-order valence-electron chi connectivity index (χ3n) is 1.88. The van der Waals surface area contributed by atoms with Crippen molar-refractivity contribution in [2.75, 3.05) is 12.4 Å². The van der Waals surface area contributed by atoms with Gasteiger partial charge in [0.25, 0.3) is 0 Å². The maximum atomic E-state index is 10.9. The van der Waals surface area contributed by atoms with Crippen LogP contribution in [0.5, 0.6) is 5.75 Å². The minimum Gasteiger partial charge on any atom is -0.495 e. The summed E-state index contributed by atoms with van der Waals surface area (Å²) in [6.45, 7) is 3.27. The lowest BCUT2D eigenvalue weighted by molar-refractivity contribution is -0.114. The van der Waals surface area contributed by atoms with Crippen LogP contribution in [0.1, 0.15) is 12.5 Å². The van der Waals surface area contributed by atoms with Crippen LogP contribution in [0.15, 0.2) is 12.1 Å². The number of hydrogen-bond acceptors (Lipinski definition) is 2. The van der Waals surface area contributed by atoms with Gasteiger partial charge in [0.1, 0.15) is 5.75 Å². The molecule has 0 unspecified atom stereocenters. The monoisotopic (exact) mass is 213 g/mol. The van der Waals surface area contributed by atoms with E-state index >= 15 is 0 Å². The van der Waals surface area contributed by atoms with Crippen molar-refractivity contribution in [2.24, 2.45) is 0 Å². The number of halogens is 1. The van der Waals surface area contributed by atoms with Crippen molar-refractivity contribution in [3.63, 3.8) is 0 Å². The maximum Gasteiger partial charge on any atom is 0.221 e. The molecule has 76 valence electrons. The van der Waals surface area contributed by atoms with Gasteiger partial charge in [0.15, 0.2) is 0 Å². The predicted molar refractivity (Wildman–Crippen MR) is 57.0 cm³/mol. The van der Waals surface area contributed by atoms with Crippen molar-refractivity contribution in [1.82, 2.24) is 0 Å². The first-order valence-corrected chi connectivity index (χ1v) is 4.54. The number of carbonyl (C=O) groups excluding carboxylic acids is 1. The first-order valence-electron chi connectivity index (χ1n) is 4.17. The molecular formula is C10H12ClNO2. The zero-order chi connectivity index (χ0) is 10.7. The molecule has 1 N–H and O–H groups in total. The van der Waals surface area contributed by atoms with Crippen molar-refractivity contribution < 1.29 is 9.53 Å². The highest BCUT2D eigenvalue weighted by atomic mass is 35.5. The third kappa shape index (κ3) is 2.17. The van der Waals surface area contributed by atoms with Crippen molar-refractivity contribution in [3.8, 4) is 5.75 Å². The lowest BCUT2D eigenvalue weighted by Gasteiger charge is -2.12. The third-order valence-corrected chi connectivity index (χ3v) is 2.29. The summed E-state index contributed by atoms with van der Waals surface area (Å²) in [5.41, 5.74) is 1.44. The Hall–Kier alpha value is -1.22. The van der Waals surface area contributed by atoms with Gasteiger partial charge < -0.3 is 10.1 Å². The normalized spacial score (nSPS) is 9.71. The van der Waals surface area contributed by atoms with Crippen LogP contribution in [0.25, 0.3) is 0 Å². The van der Waals surface area contributed by atoms with Crippen molar-refractivity contribution >= 4 is 23.2 Å². The average molecular weight is 214 g/mol. The van der Waals surface area contributed by atoms with Crippen molar-refractivity contribution in [3.05, 3.63) is 22.7 Å². The summed E-state index contributed by atoms with van der Waals surface area (Å²) in [7, 11) is 1.55. The maximum absolute atomic E-state index is 10.9. The summed E-state index contributed by atoms with van der Waals surface area (Å²) in [5, 5.41) is 3.29. The van der Waals surface area contributed by atoms with Crippen LogP contribution < -0.4 is 10.1 Å². The molecule has 1 amide bonds. The number of carbonyl (C=O) groups is 1.